The summed E-state index contributed by atoms with van der Waals surface area (Å²) in [6, 6.07) is 0. The topological polar surface area (TPSA) is 193 Å². The van der Waals surface area contributed by atoms with Crippen LogP contribution in [0.2, 0.25) is 0 Å². The molecule has 5 aromatic heterocycles. The molecular weight excluding hydrogens is 1390 g/mol. The van der Waals surface area contributed by atoms with Crippen molar-refractivity contribution in [3.63, 3.8) is 0 Å². The van der Waals surface area contributed by atoms with Crippen molar-refractivity contribution in [3.05, 3.63) is 211 Å². The third kappa shape index (κ3) is 9.49. The molecule has 0 fully saturated rings. The van der Waals surface area contributed by atoms with Gasteiger partial charge in [0, 0.05) is 87.6 Å². The van der Waals surface area contributed by atoms with Gasteiger partial charge in [-0.15, -0.1) is 0 Å². The Morgan fingerprint density at radius 1 is 0.177 bits per heavy atom. The van der Waals surface area contributed by atoms with Gasteiger partial charge in [0.2, 0.25) is 0 Å². The molecule has 0 amide bonds. The molecule has 11 heterocycles. The Labute approximate surface area is 660 Å². The van der Waals surface area contributed by atoms with E-state index >= 15 is 0 Å². The van der Waals surface area contributed by atoms with E-state index in [9.17, 15) is 0 Å². The molecule has 0 saturated carbocycles. The van der Waals surface area contributed by atoms with Crippen LogP contribution in [-0.4, -0.2) is 72.3 Å². The van der Waals surface area contributed by atoms with E-state index in [1.807, 2.05) is 0 Å². The van der Waals surface area contributed by atoms with Gasteiger partial charge in [0.25, 0.3) is 0 Å². The van der Waals surface area contributed by atoms with Gasteiger partial charge in [-0.1, -0.05) is 0 Å². The van der Waals surface area contributed by atoms with Gasteiger partial charge in [-0.05, 0) is 400 Å². The van der Waals surface area contributed by atoms with Crippen LogP contribution in [0.5, 0.6) is 0 Å². The minimum Gasteiger partial charge on any atom is -0.324 e. The number of aryl methyl sites for hydroxylation is 8. The lowest BCUT2D eigenvalue weighted by Crippen LogP contribution is -2.32. The molecule has 16 heteroatoms. The third-order valence-electron chi connectivity index (χ3n) is 29.5. The first kappa shape index (κ1) is 73.0. The van der Waals surface area contributed by atoms with E-state index in [0.717, 1.165) is 155 Å². The molecule has 0 atom stereocenters. The van der Waals surface area contributed by atoms with Crippen molar-refractivity contribution in [1.29, 1.82) is 0 Å². The number of nitrogens with one attached hydrogen (secondary N) is 2. The number of rotatable bonds is 0. The molecular formula is C97H100N16. The van der Waals surface area contributed by atoms with Gasteiger partial charge in [0.1, 0.15) is 51.9 Å². The summed E-state index contributed by atoms with van der Waals surface area (Å²) < 4.78 is 4.63. The van der Waals surface area contributed by atoms with Crippen LogP contribution in [0.3, 0.4) is 0 Å². The zero-order valence-corrected chi connectivity index (χ0v) is 72.0. The number of amidine groups is 4. The summed E-state index contributed by atoms with van der Waals surface area (Å²) in [7, 11) is 0. The first-order valence-corrected chi connectivity index (χ1v) is 39.9. The molecule has 568 valence electrons. The second-order valence-corrected chi connectivity index (χ2v) is 33.9. The monoisotopic (exact) mass is 1490 g/mol. The maximum absolute atomic E-state index is 5.69. The SMILES string of the molecule is Cc1c(C)c(C)c2c(c1C)-c1nc-2nc2[nH]c(nc3nc(nc4[nH]c(n1)c1c(C)c(C)c(C)c(C)c41)-c1c(C)c(C)c(C)c(C)c1-3)c1c(C)c(C)c(C)c(C)c21.Cc1c(C)c(C)c2c(c1C)C1=NC2=Nc2c3c(C)c(C)c(C)c(C)c3c3n2Cn2c(c4c(C)c(C)c(C)c(C)c4c2=NC2=NC(=N3)c3c(C)c(C)c(C)c(C)c32)=N1. The minimum absolute atomic E-state index is 0.409. The number of aromatic nitrogens is 10. The zero-order chi connectivity index (χ0) is 80.7. The fraction of sp³-hybridized carbons (Fsp3) is 0.340. The quantitative estimate of drug-likeness (QED) is 0.152. The standard InChI is InChI=1S/C49H50N8.C48H50N8/c1-18-19(2)27(10)35-34(26(18)9)42-50-43(35)53-47-40-32(15)24(7)25(8)33(16)41(40)49-55-45-37-29(12)21(4)20(3)28(11)36(37)44(51-45)54-48-39-31(14)23(6)22(5)30(13)38(39)46(52-42)56(48)17-57(47)49;1-17-18(2)26(10)34-33(25(17)9)41-49-42(34)54-44-37-29(13)21(5)22(6)30(14)38(37)46(51-44)56-48-40-32(16)24(8)23(7)31(15)39(40)47(52-48)55-45-36-28(12)20(4)19(3)27(11)35(36)43(50-45)53-41/h17H2,1-16H3;1-16H3,(H2,49,50,51,52,53,54,55,56). The minimum atomic E-state index is 0.409. The van der Waals surface area contributed by atoms with Crippen molar-refractivity contribution in [2.75, 3.05) is 0 Å². The molecule has 6 aliphatic heterocycles. The summed E-state index contributed by atoms with van der Waals surface area (Å²) in [5.74, 6) is 7.11. The molecule has 19 rings (SSSR count). The van der Waals surface area contributed by atoms with Crippen molar-refractivity contribution in [3.8, 4) is 45.6 Å². The Hall–Kier alpha value is -11.5. The second kappa shape index (κ2) is 24.5. The van der Waals surface area contributed by atoms with Crippen molar-refractivity contribution >= 4 is 101 Å². The number of H-pyrrole nitrogens is 2. The third-order valence-corrected chi connectivity index (χ3v) is 29.5. The predicted molar refractivity (Wildman–Crippen MR) is 468 cm³/mol. The van der Waals surface area contributed by atoms with Crippen molar-refractivity contribution in [2.24, 2.45) is 30.0 Å². The van der Waals surface area contributed by atoms with Gasteiger partial charge in [0.15, 0.2) is 46.6 Å². The van der Waals surface area contributed by atoms with Crippen LogP contribution in [0.1, 0.15) is 200 Å². The second-order valence-electron chi connectivity index (χ2n) is 33.9. The Bertz CT molecular complexity index is 6720. The number of fused-ring (bicyclic) bond motifs is 34. The highest BCUT2D eigenvalue weighted by Gasteiger charge is 2.38. The summed E-state index contributed by atoms with van der Waals surface area (Å²) >= 11 is 0. The average Bonchev–Trinajstić information content (AvgIpc) is 1.54. The Morgan fingerprint density at radius 3 is 0.611 bits per heavy atom. The highest BCUT2D eigenvalue weighted by atomic mass is 15.3. The van der Waals surface area contributed by atoms with E-state index in [1.54, 1.807) is 0 Å². The number of hydrogen-bond acceptors (Lipinski definition) is 12. The normalized spacial score (nSPS) is 13.6. The van der Waals surface area contributed by atoms with Crippen LogP contribution in [0.25, 0.3) is 111 Å². The first-order valence-electron chi connectivity index (χ1n) is 39.9. The molecule has 2 N–H and O–H groups in total. The van der Waals surface area contributed by atoms with E-state index in [-0.39, 0.29) is 0 Å². The molecule has 0 radical (unpaired) electrons. The van der Waals surface area contributed by atoms with E-state index in [0.29, 0.717) is 53.3 Å². The average molecular weight is 1490 g/mol. The molecule has 0 saturated heterocycles. The molecule has 13 aromatic rings. The Morgan fingerprint density at radius 2 is 0.372 bits per heavy atom. The maximum Gasteiger partial charge on any atom is 0.165 e. The highest BCUT2D eigenvalue weighted by Crippen LogP contribution is 2.50. The molecule has 0 spiro atoms. The Balaban J connectivity index is 0.000000157. The summed E-state index contributed by atoms with van der Waals surface area (Å²) in [4.78, 5) is 73.6. The number of aliphatic imine (C=N–C) groups is 4. The van der Waals surface area contributed by atoms with Crippen molar-refractivity contribution in [2.45, 2.75) is 228 Å². The number of hydrogen-bond donors (Lipinski definition) is 2. The summed E-state index contributed by atoms with van der Waals surface area (Å²) in [6.45, 7) is 71.1. The Kier molecular flexibility index (Phi) is 15.8. The highest BCUT2D eigenvalue weighted by molar-refractivity contribution is 6.27. The fourth-order valence-corrected chi connectivity index (χ4v) is 19.8. The van der Waals surface area contributed by atoms with E-state index in [1.165, 1.54) is 156 Å². The first-order chi connectivity index (χ1) is 53.4. The lowest BCUT2D eigenvalue weighted by atomic mass is 9.89. The van der Waals surface area contributed by atoms with Gasteiger partial charge in [0.05, 0.1) is 0 Å². The summed E-state index contributed by atoms with van der Waals surface area (Å²) in [5.41, 5.74) is 52.0. The molecule has 0 aliphatic carbocycles. The van der Waals surface area contributed by atoms with Crippen LogP contribution >= 0.6 is 0 Å². The number of aromatic amines is 2. The molecule has 16 nitrogen and oxygen atoms in total. The van der Waals surface area contributed by atoms with Gasteiger partial charge in [-0.25, -0.2) is 59.9 Å². The lowest BCUT2D eigenvalue weighted by Gasteiger charge is -2.15. The molecule has 8 aromatic carbocycles. The number of nitrogens with zero attached hydrogens (tertiary/aromatic N) is 14. The molecule has 14 bridgehead atoms. The zero-order valence-electron chi connectivity index (χ0n) is 72.0. The fourth-order valence-electron chi connectivity index (χ4n) is 19.8. The van der Waals surface area contributed by atoms with Crippen LogP contribution in [0.15, 0.2) is 30.0 Å². The smallest absolute Gasteiger partial charge is 0.165 e. The van der Waals surface area contributed by atoms with Crippen LogP contribution in [0, 0.1) is 222 Å². The predicted octanol–water partition coefficient (Wildman–Crippen LogP) is 21.8. The van der Waals surface area contributed by atoms with E-state index < -0.39 is 0 Å². The van der Waals surface area contributed by atoms with Crippen molar-refractivity contribution in [1.82, 2.24) is 49.0 Å². The number of benzene rings is 8. The maximum atomic E-state index is 5.69. The largest absolute Gasteiger partial charge is 0.324 e. The van der Waals surface area contributed by atoms with Crippen molar-refractivity contribution < 1.29 is 0 Å². The van der Waals surface area contributed by atoms with E-state index in [2.05, 4.69) is 241 Å². The molecule has 113 heavy (non-hydrogen) atoms. The van der Waals surface area contributed by atoms with E-state index in [4.69, 9.17) is 59.9 Å². The van der Waals surface area contributed by atoms with Crippen LogP contribution in [0.4, 0.5) is 11.6 Å². The molecule has 6 aliphatic rings. The van der Waals surface area contributed by atoms with Crippen LogP contribution < -0.4 is 11.0 Å². The van der Waals surface area contributed by atoms with Gasteiger partial charge in [-0.3, -0.25) is 9.13 Å². The summed E-state index contributed by atoms with van der Waals surface area (Å²) in [6.07, 6.45) is 0. The van der Waals surface area contributed by atoms with Gasteiger partial charge >= 0.3 is 0 Å². The molecule has 0 unspecified atom stereocenters. The van der Waals surface area contributed by atoms with Gasteiger partial charge < -0.3 is 9.97 Å². The lowest BCUT2D eigenvalue weighted by molar-refractivity contribution is 0.583. The van der Waals surface area contributed by atoms with Gasteiger partial charge in [-0.2, -0.15) is 0 Å². The summed E-state index contributed by atoms with van der Waals surface area (Å²) in [5, 5.41) is 8.64. The van der Waals surface area contributed by atoms with Crippen LogP contribution in [-0.2, 0) is 6.67 Å².